The van der Waals surface area contributed by atoms with Crippen LogP contribution in [0.1, 0.15) is 12.6 Å². The van der Waals surface area contributed by atoms with Crippen molar-refractivity contribution in [2.24, 2.45) is 0 Å². The lowest BCUT2D eigenvalue weighted by molar-refractivity contribution is -0.142. The van der Waals surface area contributed by atoms with Gasteiger partial charge in [-0.05, 0) is 25.1 Å². The van der Waals surface area contributed by atoms with Crippen molar-refractivity contribution >= 4 is 57.7 Å². The number of nitrogens with zero attached hydrogens (tertiary/aromatic N) is 1. The Morgan fingerprint density at radius 1 is 1.23 bits per heavy atom. The lowest BCUT2D eigenvalue weighted by Gasteiger charge is -2.06. The van der Waals surface area contributed by atoms with Crippen molar-refractivity contribution in [3.8, 4) is 0 Å². The monoisotopic (exact) mass is 449 g/mol. The minimum absolute atomic E-state index is 0.0507. The summed E-state index contributed by atoms with van der Waals surface area (Å²) in [6, 6.07) is 6.81. The smallest absolute Gasteiger partial charge is 0.328 e. The van der Waals surface area contributed by atoms with E-state index in [1.165, 1.54) is 23.1 Å². The molecule has 0 saturated heterocycles. The number of carboxylic acid groups (broad SMARTS) is 1. The highest BCUT2D eigenvalue weighted by atomic mass is 32.2. The molecule has 1 aromatic carbocycles. The molecule has 0 spiro atoms. The largest absolute Gasteiger partial charge is 0.478 e. The number of carbonyl (C=O) groups is 4. The molecule has 0 aliphatic rings. The Bertz CT molecular complexity index is 957. The fourth-order valence-electron chi connectivity index (χ4n) is 2.10. The average molecular weight is 450 g/mol. The van der Waals surface area contributed by atoms with Gasteiger partial charge in [0.2, 0.25) is 11.8 Å². The second-order valence-corrected chi connectivity index (χ2v) is 7.56. The van der Waals surface area contributed by atoms with Crippen LogP contribution < -0.4 is 10.6 Å². The summed E-state index contributed by atoms with van der Waals surface area (Å²) in [5.41, 5.74) is 1.01. The van der Waals surface area contributed by atoms with Crippen LogP contribution in [-0.2, 0) is 30.3 Å². The van der Waals surface area contributed by atoms with Crippen LogP contribution in [-0.4, -0.2) is 46.2 Å². The first-order valence-electron chi connectivity index (χ1n) is 8.70. The number of anilines is 2. The summed E-state index contributed by atoms with van der Waals surface area (Å²) in [6.07, 6.45) is 1.71. The number of thioether (sulfide) groups is 1. The quantitative estimate of drug-likeness (QED) is 0.286. The Labute approximate surface area is 180 Å². The van der Waals surface area contributed by atoms with E-state index in [1.54, 1.807) is 36.6 Å². The van der Waals surface area contributed by atoms with Crippen molar-refractivity contribution in [3.05, 3.63) is 47.5 Å². The van der Waals surface area contributed by atoms with Crippen LogP contribution in [0, 0.1) is 0 Å². The Hall–Kier alpha value is -3.18. The molecule has 0 aliphatic heterocycles. The number of ether oxygens (including phenoxy) is 1. The third-order valence-electron chi connectivity index (χ3n) is 3.28. The van der Waals surface area contributed by atoms with Crippen molar-refractivity contribution in [1.29, 1.82) is 0 Å². The van der Waals surface area contributed by atoms with E-state index in [4.69, 9.17) is 9.84 Å². The van der Waals surface area contributed by atoms with Gasteiger partial charge in [0.15, 0.2) is 5.13 Å². The summed E-state index contributed by atoms with van der Waals surface area (Å²) in [7, 11) is 0. The summed E-state index contributed by atoms with van der Waals surface area (Å²) < 4.78 is 4.86. The molecule has 3 N–H and O–H groups in total. The number of nitrogens with one attached hydrogen (secondary N) is 2. The molecule has 2 aromatic rings. The van der Waals surface area contributed by atoms with Crippen molar-refractivity contribution in [3.63, 3.8) is 0 Å². The number of hydrogen-bond acceptors (Lipinski definition) is 8. The van der Waals surface area contributed by atoms with Gasteiger partial charge in [0.25, 0.3) is 0 Å². The topological polar surface area (TPSA) is 135 Å². The van der Waals surface area contributed by atoms with Crippen molar-refractivity contribution in [1.82, 2.24) is 4.98 Å². The van der Waals surface area contributed by atoms with Crippen LogP contribution in [0.25, 0.3) is 0 Å². The Morgan fingerprint density at radius 3 is 2.77 bits per heavy atom. The first kappa shape index (κ1) is 23.1. The molecule has 0 bridgehead atoms. The van der Waals surface area contributed by atoms with Gasteiger partial charge < -0.3 is 20.5 Å². The molecular formula is C19H19N3O6S2. The zero-order chi connectivity index (χ0) is 21.9. The fourth-order valence-corrected chi connectivity index (χ4v) is 3.59. The third kappa shape index (κ3) is 8.45. The van der Waals surface area contributed by atoms with Gasteiger partial charge in [-0.25, -0.2) is 9.78 Å². The maximum atomic E-state index is 12.1. The molecule has 0 radical (unpaired) electrons. The highest BCUT2D eigenvalue weighted by Gasteiger charge is 2.11. The van der Waals surface area contributed by atoms with Crippen LogP contribution in [0.15, 0.2) is 46.7 Å². The highest BCUT2D eigenvalue weighted by molar-refractivity contribution is 8.00. The molecule has 30 heavy (non-hydrogen) atoms. The Kier molecular flexibility index (Phi) is 9.03. The number of carbonyl (C=O) groups excluding carboxylic acids is 3. The summed E-state index contributed by atoms with van der Waals surface area (Å²) in [4.78, 5) is 50.6. The molecule has 1 heterocycles. The standard InChI is InChI=1S/C19H19N3O6S2/c1-2-28-18(27)9-13-10-30-19(21-13)22-16(24)11-29-14-5-3-4-12(8-14)20-15(23)6-7-17(25)26/h3-8,10H,2,9,11H2,1H3,(H,20,23)(H,25,26)(H,21,22,24)/b7-6+. The average Bonchev–Trinajstić information content (AvgIpc) is 3.12. The van der Waals surface area contributed by atoms with Gasteiger partial charge in [-0.15, -0.1) is 23.1 Å². The summed E-state index contributed by atoms with van der Waals surface area (Å²) in [5.74, 6) is -2.31. The maximum Gasteiger partial charge on any atom is 0.328 e. The molecule has 158 valence electrons. The first-order chi connectivity index (χ1) is 14.4. The highest BCUT2D eigenvalue weighted by Crippen LogP contribution is 2.22. The van der Waals surface area contributed by atoms with E-state index in [0.29, 0.717) is 23.1 Å². The zero-order valence-corrected chi connectivity index (χ0v) is 17.5. The normalized spacial score (nSPS) is 10.6. The minimum atomic E-state index is -1.21. The fraction of sp³-hybridized carbons (Fsp3) is 0.211. The van der Waals surface area contributed by atoms with Gasteiger partial charge in [-0.2, -0.15) is 0 Å². The van der Waals surface area contributed by atoms with E-state index in [-0.39, 0.29) is 24.1 Å². The second-order valence-electron chi connectivity index (χ2n) is 5.65. The molecule has 0 saturated carbocycles. The molecule has 0 unspecified atom stereocenters. The van der Waals surface area contributed by atoms with E-state index in [2.05, 4.69) is 15.6 Å². The second kappa shape index (κ2) is 11.7. The minimum Gasteiger partial charge on any atom is -0.478 e. The number of hydrogen-bond donors (Lipinski definition) is 3. The van der Waals surface area contributed by atoms with Crippen molar-refractivity contribution < 1.29 is 29.0 Å². The summed E-state index contributed by atoms with van der Waals surface area (Å²) >= 11 is 2.48. The van der Waals surface area contributed by atoms with E-state index in [0.717, 1.165) is 17.0 Å². The van der Waals surface area contributed by atoms with E-state index < -0.39 is 11.9 Å². The number of amides is 2. The molecule has 11 heteroatoms. The van der Waals surface area contributed by atoms with Crippen LogP contribution in [0.3, 0.4) is 0 Å². The molecule has 1 aromatic heterocycles. The maximum absolute atomic E-state index is 12.1. The van der Waals surface area contributed by atoms with Gasteiger partial charge in [-0.3, -0.25) is 14.4 Å². The van der Waals surface area contributed by atoms with Crippen LogP contribution >= 0.6 is 23.1 Å². The number of carboxylic acids is 1. The number of aliphatic carboxylic acids is 1. The number of aromatic nitrogens is 1. The number of rotatable bonds is 10. The van der Waals surface area contributed by atoms with Crippen LogP contribution in [0.5, 0.6) is 0 Å². The van der Waals surface area contributed by atoms with Gasteiger partial charge >= 0.3 is 11.9 Å². The van der Waals surface area contributed by atoms with Gasteiger partial charge in [0, 0.05) is 28.1 Å². The van der Waals surface area contributed by atoms with Gasteiger partial charge in [0.05, 0.1) is 24.5 Å². The molecular weight excluding hydrogens is 430 g/mol. The van der Waals surface area contributed by atoms with Crippen LogP contribution in [0.4, 0.5) is 10.8 Å². The first-order valence-corrected chi connectivity index (χ1v) is 10.6. The molecule has 2 amide bonds. The predicted octanol–water partition coefficient (Wildman–Crippen LogP) is 2.56. The van der Waals surface area contributed by atoms with Gasteiger partial charge in [0.1, 0.15) is 0 Å². The van der Waals surface area contributed by atoms with Crippen LogP contribution in [0.2, 0.25) is 0 Å². The third-order valence-corrected chi connectivity index (χ3v) is 5.08. The molecule has 0 atom stereocenters. The molecule has 0 aliphatic carbocycles. The van der Waals surface area contributed by atoms with E-state index in [1.807, 2.05) is 0 Å². The molecule has 0 fully saturated rings. The number of benzene rings is 1. The Morgan fingerprint density at radius 2 is 2.03 bits per heavy atom. The summed E-state index contributed by atoms with van der Waals surface area (Å²) in [6.45, 7) is 2.02. The lowest BCUT2D eigenvalue weighted by atomic mass is 10.3. The molecule has 9 nitrogen and oxygen atoms in total. The van der Waals surface area contributed by atoms with Crippen molar-refractivity contribution in [2.45, 2.75) is 18.2 Å². The lowest BCUT2D eigenvalue weighted by Crippen LogP contribution is -2.14. The van der Waals surface area contributed by atoms with Gasteiger partial charge in [-0.1, -0.05) is 6.07 Å². The van der Waals surface area contributed by atoms with Crippen molar-refractivity contribution in [2.75, 3.05) is 23.0 Å². The van der Waals surface area contributed by atoms with E-state index in [9.17, 15) is 19.2 Å². The molecule has 2 rings (SSSR count). The number of thiazole rings is 1. The zero-order valence-electron chi connectivity index (χ0n) is 15.9. The number of esters is 1. The SMILES string of the molecule is CCOC(=O)Cc1csc(NC(=O)CSc2cccc(NC(=O)/C=C/C(=O)O)c2)n1. The van der Waals surface area contributed by atoms with E-state index >= 15 is 0 Å². The Balaban J connectivity index is 1.83. The predicted molar refractivity (Wildman–Crippen MR) is 114 cm³/mol. The summed E-state index contributed by atoms with van der Waals surface area (Å²) in [5, 5.41) is 15.8.